The Hall–Kier alpha value is -7.30. The van der Waals surface area contributed by atoms with Gasteiger partial charge in [-0.25, -0.2) is 9.97 Å². The maximum atomic E-state index is 6.61. The van der Waals surface area contributed by atoms with E-state index in [2.05, 4.69) is 146 Å². The molecule has 4 nitrogen and oxygen atoms in total. The van der Waals surface area contributed by atoms with E-state index in [0.717, 1.165) is 99.4 Å². The molecule has 252 valence electrons. The molecule has 0 amide bonds. The van der Waals surface area contributed by atoms with Gasteiger partial charge >= 0.3 is 0 Å². The van der Waals surface area contributed by atoms with Crippen molar-refractivity contribution in [2.45, 2.75) is 0 Å². The molecule has 0 spiro atoms. The van der Waals surface area contributed by atoms with Crippen LogP contribution in [0.4, 0.5) is 0 Å². The number of benzene rings is 8. The van der Waals surface area contributed by atoms with Gasteiger partial charge in [-0.15, -0.1) is 0 Å². The van der Waals surface area contributed by atoms with Crippen molar-refractivity contribution in [3.8, 4) is 56.2 Å². The van der Waals surface area contributed by atoms with E-state index in [1.165, 1.54) is 5.56 Å². The summed E-state index contributed by atoms with van der Waals surface area (Å²) in [4.78, 5) is 10.2. The molecule has 0 aliphatic carbocycles. The van der Waals surface area contributed by atoms with Gasteiger partial charge in [0.2, 0.25) is 0 Å². The number of fused-ring (bicyclic) bond motifs is 8. The zero-order valence-electron chi connectivity index (χ0n) is 29.0. The van der Waals surface area contributed by atoms with E-state index in [4.69, 9.17) is 18.8 Å². The van der Waals surface area contributed by atoms with E-state index in [0.29, 0.717) is 5.82 Å². The number of aromatic nitrogens is 2. The average molecular weight is 691 g/mol. The van der Waals surface area contributed by atoms with Gasteiger partial charge in [-0.05, 0) is 58.0 Å². The maximum Gasteiger partial charge on any atom is 0.160 e. The van der Waals surface area contributed by atoms with Crippen molar-refractivity contribution in [1.29, 1.82) is 0 Å². The van der Waals surface area contributed by atoms with Gasteiger partial charge < -0.3 is 8.83 Å². The van der Waals surface area contributed by atoms with Crippen LogP contribution in [-0.2, 0) is 0 Å². The molecule has 0 fully saturated rings. The van der Waals surface area contributed by atoms with Gasteiger partial charge in [0.15, 0.2) is 5.82 Å². The molecule has 0 saturated heterocycles. The Morgan fingerprint density at radius 1 is 0.315 bits per heavy atom. The van der Waals surface area contributed by atoms with Crippen molar-refractivity contribution in [2.75, 3.05) is 0 Å². The third kappa shape index (κ3) is 4.85. The van der Waals surface area contributed by atoms with Gasteiger partial charge in [0.05, 0.1) is 11.4 Å². The monoisotopic (exact) mass is 690 g/mol. The predicted molar refractivity (Wildman–Crippen MR) is 221 cm³/mol. The van der Waals surface area contributed by atoms with E-state index in [-0.39, 0.29) is 0 Å². The van der Waals surface area contributed by atoms with Crippen LogP contribution in [-0.4, -0.2) is 9.97 Å². The highest BCUT2D eigenvalue weighted by molar-refractivity contribution is 6.22. The molecule has 0 aliphatic rings. The van der Waals surface area contributed by atoms with Gasteiger partial charge in [-0.1, -0.05) is 152 Å². The molecule has 3 heterocycles. The minimum absolute atomic E-state index is 0.665. The molecule has 0 bridgehead atoms. The van der Waals surface area contributed by atoms with Crippen molar-refractivity contribution >= 4 is 54.6 Å². The molecular weight excluding hydrogens is 661 g/mol. The van der Waals surface area contributed by atoms with Crippen molar-refractivity contribution in [2.24, 2.45) is 0 Å². The predicted octanol–water partition coefficient (Wildman–Crippen LogP) is 13.8. The fraction of sp³-hybridized carbons (Fsp3) is 0. The van der Waals surface area contributed by atoms with Crippen LogP contribution in [0, 0.1) is 0 Å². The minimum Gasteiger partial charge on any atom is -0.455 e. The SMILES string of the molecule is c1ccc(-c2nc(-c3ccc(-c4cc5c(oc6cccc(-c7ccccc7)c65)c5ccccc45)cc3)cc(-c3cccc4c3oc3ccccc34)n2)cc1. The zero-order valence-corrected chi connectivity index (χ0v) is 29.0. The molecular formula is C50H30N2O2. The van der Waals surface area contributed by atoms with Crippen LogP contribution < -0.4 is 0 Å². The number of hydrogen-bond acceptors (Lipinski definition) is 4. The van der Waals surface area contributed by atoms with E-state index in [9.17, 15) is 0 Å². The Balaban J connectivity index is 1.08. The van der Waals surface area contributed by atoms with E-state index in [1.54, 1.807) is 0 Å². The Labute approximate surface area is 310 Å². The number of hydrogen-bond donors (Lipinski definition) is 0. The first-order valence-corrected chi connectivity index (χ1v) is 18.2. The largest absolute Gasteiger partial charge is 0.455 e. The highest BCUT2D eigenvalue weighted by Gasteiger charge is 2.19. The second-order valence-electron chi connectivity index (χ2n) is 13.7. The van der Waals surface area contributed by atoms with Crippen LogP contribution in [0.1, 0.15) is 0 Å². The Morgan fingerprint density at radius 2 is 0.870 bits per heavy atom. The minimum atomic E-state index is 0.665. The Morgan fingerprint density at radius 3 is 1.69 bits per heavy atom. The molecule has 11 aromatic rings. The van der Waals surface area contributed by atoms with Gasteiger partial charge in [-0.3, -0.25) is 0 Å². The third-order valence-electron chi connectivity index (χ3n) is 10.5. The molecule has 4 heteroatoms. The number of furan rings is 2. The van der Waals surface area contributed by atoms with Crippen LogP contribution in [0.15, 0.2) is 191 Å². The molecule has 0 radical (unpaired) electrons. The molecule has 0 unspecified atom stereocenters. The highest BCUT2D eigenvalue weighted by Crippen LogP contribution is 2.43. The molecule has 0 aliphatic heterocycles. The van der Waals surface area contributed by atoms with E-state index < -0.39 is 0 Å². The lowest BCUT2D eigenvalue weighted by molar-refractivity contribution is 0.670. The number of rotatable bonds is 5. The van der Waals surface area contributed by atoms with Crippen LogP contribution in [0.25, 0.3) is 111 Å². The molecule has 11 rings (SSSR count). The fourth-order valence-electron chi connectivity index (χ4n) is 7.96. The van der Waals surface area contributed by atoms with Gasteiger partial charge in [0.25, 0.3) is 0 Å². The van der Waals surface area contributed by atoms with E-state index in [1.807, 2.05) is 36.4 Å². The summed E-state index contributed by atoms with van der Waals surface area (Å²) in [6.07, 6.45) is 0. The van der Waals surface area contributed by atoms with Crippen LogP contribution >= 0.6 is 0 Å². The topological polar surface area (TPSA) is 52.1 Å². The van der Waals surface area contributed by atoms with Crippen LogP contribution in [0.5, 0.6) is 0 Å². The highest BCUT2D eigenvalue weighted by atomic mass is 16.3. The van der Waals surface area contributed by atoms with Crippen molar-refractivity contribution < 1.29 is 8.83 Å². The third-order valence-corrected chi connectivity index (χ3v) is 10.5. The fourth-order valence-corrected chi connectivity index (χ4v) is 7.96. The molecule has 0 saturated carbocycles. The second-order valence-corrected chi connectivity index (χ2v) is 13.7. The molecule has 8 aromatic carbocycles. The summed E-state index contributed by atoms with van der Waals surface area (Å²) in [6.45, 7) is 0. The second kappa shape index (κ2) is 12.1. The summed E-state index contributed by atoms with van der Waals surface area (Å²) in [7, 11) is 0. The lowest BCUT2D eigenvalue weighted by Crippen LogP contribution is -1.96. The summed E-state index contributed by atoms with van der Waals surface area (Å²) in [5.41, 5.74) is 12.6. The lowest BCUT2D eigenvalue weighted by Gasteiger charge is -2.12. The first-order valence-electron chi connectivity index (χ1n) is 18.2. The zero-order chi connectivity index (χ0) is 35.6. The molecule has 54 heavy (non-hydrogen) atoms. The summed E-state index contributed by atoms with van der Waals surface area (Å²) in [6, 6.07) is 63.1. The maximum absolute atomic E-state index is 6.61. The van der Waals surface area contributed by atoms with Crippen molar-refractivity contribution in [1.82, 2.24) is 9.97 Å². The van der Waals surface area contributed by atoms with Gasteiger partial charge in [0, 0.05) is 43.6 Å². The molecule has 0 atom stereocenters. The van der Waals surface area contributed by atoms with E-state index >= 15 is 0 Å². The van der Waals surface area contributed by atoms with Crippen LogP contribution in [0.3, 0.4) is 0 Å². The van der Waals surface area contributed by atoms with Gasteiger partial charge in [-0.2, -0.15) is 0 Å². The summed E-state index contributed by atoms with van der Waals surface area (Å²) >= 11 is 0. The average Bonchev–Trinajstić information content (AvgIpc) is 3.83. The van der Waals surface area contributed by atoms with Gasteiger partial charge in [0.1, 0.15) is 22.3 Å². The van der Waals surface area contributed by atoms with Crippen molar-refractivity contribution in [3.63, 3.8) is 0 Å². The summed E-state index contributed by atoms with van der Waals surface area (Å²) in [5, 5.41) is 6.63. The summed E-state index contributed by atoms with van der Waals surface area (Å²) < 4.78 is 13.1. The van der Waals surface area contributed by atoms with Crippen LogP contribution in [0.2, 0.25) is 0 Å². The van der Waals surface area contributed by atoms with Crippen molar-refractivity contribution in [3.05, 3.63) is 182 Å². The standard InChI is InChI=1S/C50H30N2O2/c1-3-13-31(14-4-1)35-20-12-24-46-47(35)42-29-41(36-17-7-8-19-38(36)49(42)54-46)32-25-27-33(28-26-32)43-30-44(52-50(51-43)34-15-5-2-6-16-34)40-22-11-21-39-37-18-9-10-23-45(37)53-48(39)40/h1-30H. The quantitative estimate of drug-likeness (QED) is 0.180. The Kier molecular flexibility index (Phi) is 6.82. The Bertz CT molecular complexity index is 3200. The molecule has 0 N–H and O–H groups in total. The lowest BCUT2D eigenvalue weighted by atomic mass is 9.93. The normalized spacial score (nSPS) is 11.7. The summed E-state index contributed by atoms with van der Waals surface area (Å²) in [5.74, 6) is 0.665. The first-order chi connectivity index (χ1) is 26.8. The smallest absolute Gasteiger partial charge is 0.160 e. The first kappa shape index (κ1) is 30.3. The number of nitrogens with zero attached hydrogens (tertiary/aromatic N) is 2. The number of para-hydroxylation sites is 2. The molecule has 3 aromatic heterocycles.